The number of fused-ring (bicyclic) bond motifs is 4. The normalized spacial score (nSPS) is 20.9. The van der Waals surface area contributed by atoms with E-state index in [0.717, 1.165) is 49.4 Å². The summed E-state index contributed by atoms with van der Waals surface area (Å²) in [6.45, 7) is 1.17. The molecule has 1 saturated heterocycles. The van der Waals surface area contributed by atoms with Crippen LogP contribution in [0.5, 0.6) is 5.75 Å². The fourth-order valence-corrected chi connectivity index (χ4v) is 5.03. The highest BCUT2D eigenvalue weighted by molar-refractivity contribution is 5.97. The molecule has 2 bridgehead atoms. The Morgan fingerprint density at radius 1 is 1.11 bits per heavy atom. The first-order valence-electron chi connectivity index (χ1n) is 12.8. The summed E-state index contributed by atoms with van der Waals surface area (Å²) >= 11 is 0. The molecule has 2 fully saturated rings. The van der Waals surface area contributed by atoms with Crippen LogP contribution in [0.15, 0.2) is 30.3 Å². The second-order valence-electron chi connectivity index (χ2n) is 9.97. The van der Waals surface area contributed by atoms with Crippen molar-refractivity contribution < 1.29 is 18.7 Å². The van der Waals surface area contributed by atoms with Crippen LogP contribution in [0.3, 0.4) is 0 Å². The summed E-state index contributed by atoms with van der Waals surface area (Å²) < 4.78 is 21.7. The van der Waals surface area contributed by atoms with Gasteiger partial charge in [-0.25, -0.2) is 9.37 Å². The molecule has 3 aliphatic rings. The zero-order valence-electron chi connectivity index (χ0n) is 20.7. The average molecular weight is 508 g/mol. The monoisotopic (exact) mass is 507 g/mol. The standard InChI is InChI=1S/C26H30FN7O3/c1-32-11-9-28-24(35)15-37-21-8-5-16(27)12-18(21)26(36)33-10-3-2-4-20(33)19-13-23-30-22(29-17-6-7-17)14-25(32)34(23)31-19/h5,8,12-14,17,20H,2-4,6-7,9-11,15H2,1H3,(H,28,35)(H,29,30). The third-order valence-corrected chi connectivity index (χ3v) is 7.15. The van der Waals surface area contributed by atoms with E-state index < -0.39 is 5.82 Å². The first-order chi connectivity index (χ1) is 18.0. The SMILES string of the molecule is CN1CCNC(=O)COc2ccc(F)cc2C(=O)N2CCCCC2c2cc3nc(NC4CC4)cc1n3n2. The number of nitrogens with one attached hydrogen (secondary N) is 2. The molecule has 0 radical (unpaired) electrons. The number of aromatic nitrogens is 3. The minimum Gasteiger partial charge on any atom is -0.483 e. The Hall–Kier alpha value is -3.89. The van der Waals surface area contributed by atoms with Crippen LogP contribution >= 0.6 is 0 Å². The van der Waals surface area contributed by atoms with E-state index in [-0.39, 0.29) is 35.8 Å². The van der Waals surface area contributed by atoms with Gasteiger partial charge in [-0.15, -0.1) is 0 Å². The highest BCUT2D eigenvalue weighted by Gasteiger charge is 2.33. The van der Waals surface area contributed by atoms with Crippen LogP contribution in [0.25, 0.3) is 5.65 Å². The van der Waals surface area contributed by atoms with Gasteiger partial charge in [0.25, 0.3) is 11.8 Å². The first kappa shape index (κ1) is 23.5. The van der Waals surface area contributed by atoms with Gasteiger partial charge < -0.3 is 25.2 Å². The van der Waals surface area contributed by atoms with Crippen LogP contribution in [-0.2, 0) is 4.79 Å². The van der Waals surface area contributed by atoms with E-state index in [0.29, 0.717) is 31.3 Å². The number of nitrogens with zero attached hydrogens (tertiary/aromatic N) is 5. The fraction of sp³-hybridized carbons (Fsp3) is 0.462. The lowest BCUT2D eigenvalue weighted by Crippen LogP contribution is -2.39. The number of benzene rings is 1. The van der Waals surface area contributed by atoms with Gasteiger partial charge in [-0.05, 0) is 50.3 Å². The van der Waals surface area contributed by atoms with Gasteiger partial charge in [-0.1, -0.05) is 0 Å². The van der Waals surface area contributed by atoms with Crippen molar-refractivity contribution >= 4 is 29.1 Å². The number of anilines is 2. The zero-order chi connectivity index (χ0) is 25.5. The van der Waals surface area contributed by atoms with E-state index in [4.69, 9.17) is 14.8 Å². The third-order valence-electron chi connectivity index (χ3n) is 7.15. The Labute approximate surface area is 213 Å². The lowest BCUT2D eigenvalue weighted by Gasteiger charge is -2.35. The summed E-state index contributed by atoms with van der Waals surface area (Å²) in [4.78, 5) is 34.8. The molecule has 0 spiro atoms. The molecule has 1 unspecified atom stereocenters. The van der Waals surface area contributed by atoms with Gasteiger partial charge in [-0.3, -0.25) is 9.59 Å². The van der Waals surface area contributed by atoms with Crippen molar-refractivity contribution in [3.63, 3.8) is 0 Å². The molecule has 2 aliphatic heterocycles. The molecule has 6 rings (SSSR count). The predicted octanol–water partition coefficient (Wildman–Crippen LogP) is 2.75. The van der Waals surface area contributed by atoms with Crippen molar-refractivity contribution in [1.29, 1.82) is 0 Å². The van der Waals surface area contributed by atoms with Crippen LogP contribution in [0.1, 0.15) is 54.2 Å². The van der Waals surface area contributed by atoms with Crippen molar-refractivity contribution in [2.75, 3.05) is 43.5 Å². The number of hydrogen-bond acceptors (Lipinski definition) is 7. The lowest BCUT2D eigenvalue weighted by atomic mass is 9.98. The van der Waals surface area contributed by atoms with Gasteiger partial charge in [0.2, 0.25) is 0 Å². The van der Waals surface area contributed by atoms with Crippen molar-refractivity contribution in [2.45, 2.75) is 44.2 Å². The Morgan fingerprint density at radius 2 is 1.97 bits per heavy atom. The Balaban J connectivity index is 1.45. The number of halogens is 1. The molecule has 2 N–H and O–H groups in total. The van der Waals surface area contributed by atoms with Crippen molar-refractivity contribution in [3.8, 4) is 5.75 Å². The van der Waals surface area contributed by atoms with Gasteiger partial charge in [0, 0.05) is 44.9 Å². The zero-order valence-corrected chi connectivity index (χ0v) is 20.7. The number of amides is 2. The van der Waals surface area contributed by atoms with E-state index in [1.807, 2.05) is 24.1 Å². The molecular weight excluding hydrogens is 477 g/mol. The molecule has 3 aromatic rings. The maximum absolute atomic E-state index is 14.2. The van der Waals surface area contributed by atoms with Crippen LogP contribution in [-0.4, -0.2) is 70.6 Å². The summed E-state index contributed by atoms with van der Waals surface area (Å²) in [5, 5.41) is 11.2. The predicted molar refractivity (Wildman–Crippen MR) is 135 cm³/mol. The molecule has 37 heavy (non-hydrogen) atoms. The molecule has 194 valence electrons. The second-order valence-corrected chi connectivity index (χ2v) is 9.97. The smallest absolute Gasteiger partial charge is 0.258 e. The number of piperidine rings is 1. The molecule has 2 amide bonds. The van der Waals surface area contributed by atoms with E-state index in [2.05, 4.69) is 10.6 Å². The third kappa shape index (κ3) is 4.77. The lowest BCUT2D eigenvalue weighted by molar-refractivity contribution is -0.123. The maximum atomic E-state index is 14.2. The largest absolute Gasteiger partial charge is 0.483 e. The van der Waals surface area contributed by atoms with Gasteiger partial charge in [0.1, 0.15) is 23.2 Å². The highest BCUT2D eigenvalue weighted by Crippen LogP contribution is 2.35. The summed E-state index contributed by atoms with van der Waals surface area (Å²) in [5.74, 6) is 0.590. The minimum atomic E-state index is -0.539. The van der Waals surface area contributed by atoms with Gasteiger partial charge >= 0.3 is 0 Å². The molecule has 1 atom stereocenters. The summed E-state index contributed by atoms with van der Waals surface area (Å²) in [5.41, 5.74) is 1.53. The molecule has 11 heteroatoms. The quantitative estimate of drug-likeness (QED) is 0.550. The number of ether oxygens (including phenoxy) is 1. The van der Waals surface area contributed by atoms with Crippen molar-refractivity contribution in [3.05, 3.63) is 47.4 Å². The van der Waals surface area contributed by atoms with E-state index in [1.54, 1.807) is 9.42 Å². The molecule has 4 heterocycles. The molecule has 2 aromatic heterocycles. The molecule has 10 nitrogen and oxygen atoms in total. The van der Waals surface area contributed by atoms with Crippen LogP contribution in [0, 0.1) is 5.82 Å². The van der Waals surface area contributed by atoms with Crippen molar-refractivity contribution in [1.82, 2.24) is 24.8 Å². The Morgan fingerprint density at radius 3 is 2.81 bits per heavy atom. The fourth-order valence-electron chi connectivity index (χ4n) is 5.03. The van der Waals surface area contributed by atoms with Crippen molar-refractivity contribution in [2.24, 2.45) is 0 Å². The second kappa shape index (κ2) is 9.53. The maximum Gasteiger partial charge on any atom is 0.258 e. The first-order valence-corrected chi connectivity index (χ1v) is 12.8. The van der Waals surface area contributed by atoms with Gasteiger partial charge in [-0.2, -0.15) is 9.61 Å². The molecule has 1 aromatic carbocycles. The summed E-state index contributed by atoms with van der Waals surface area (Å²) in [6.07, 6.45) is 4.77. The van der Waals surface area contributed by atoms with Crippen LogP contribution in [0.4, 0.5) is 16.0 Å². The number of rotatable bonds is 2. The molecule has 1 aliphatic carbocycles. The molecule has 1 saturated carbocycles. The average Bonchev–Trinajstić information content (AvgIpc) is 3.61. The highest BCUT2D eigenvalue weighted by atomic mass is 19.1. The van der Waals surface area contributed by atoms with Gasteiger partial charge in [0.15, 0.2) is 12.3 Å². The number of likely N-dealkylation sites (N-methyl/N-ethyl adjacent to an activating group) is 1. The number of hydrogen-bond donors (Lipinski definition) is 2. The van der Waals surface area contributed by atoms with Crippen LogP contribution in [0.2, 0.25) is 0 Å². The number of carbonyl (C=O) groups is 2. The van der Waals surface area contributed by atoms with Gasteiger partial charge in [0.05, 0.1) is 17.3 Å². The number of carbonyl (C=O) groups excluding carboxylic acids is 2. The Kier molecular flexibility index (Phi) is 6.05. The van der Waals surface area contributed by atoms with E-state index in [9.17, 15) is 14.0 Å². The summed E-state index contributed by atoms with van der Waals surface area (Å²) in [7, 11) is 1.95. The van der Waals surface area contributed by atoms with Crippen LogP contribution < -0.4 is 20.3 Å². The topological polar surface area (TPSA) is 104 Å². The Bertz CT molecular complexity index is 1360. The van der Waals surface area contributed by atoms with E-state index in [1.165, 1.54) is 18.2 Å². The summed E-state index contributed by atoms with van der Waals surface area (Å²) in [6, 6.07) is 7.87. The minimum absolute atomic E-state index is 0.102. The molecular formula is C26H30FN7O3. The van der Waals surface area contributed by atoms with E-state index >= 15 is 0 Å².